The van der Waals surface area contributed by atoms with E-state index in [1.807, 2.05) is 0 Å². The minimum atomic E-state index is -0.203. The molecule has 0 saturated heterocycles. The van der Waals surface area contributed by atoms with Gasteiger partial charge in [-0.1, -0.05) is 57.9 Å². The van der Waals surface area contributed by atoms with Crippen LogP contribution in [0.3, 0.4) is 0 Å². The molecular formula is C19H30O3. The number of allylic oxidation sites excluding steroid dienone is 2. The van der Waals surface area contributed by atoms with Crippen LogP contribution in [0.15, 0.2) is 23.5 Å². The van der Waals surface area contributed by atoms with Gasteiger partial charge in [-0.05, 0) is 18.9 Å². The fraction of sp³-hybridized carbons (Fsp3) is 0.737. The Morgan fingerprint density at radius 2 is 1.86 bits per heavy atom. The number of ether oxygens (including phenoxy) is 2. The van der Waals surface area contributed by atoms with Crippen LogP contribution >= 0.6 is 0 Å². The molecule has 2 unspecified atom stereocenters. The molecular weight excluding hydrogens is 276 g/mol. The summed E-state index contributed by atoms with van der Waals surface area (Å²) in [6.45, 7) is 2.25. The Morgan fingerprint density at radius 1 is 1.18 bits per heavy atom. The first-order valence-corrected chi connectivity index (χ1v) is 8.92. The van der Waals surface area contributed by atoms with Crippen molar-refractivity contribution in [3.8, 4) is 0 Å². The van der Waals surface area contributed by atoms with Crippen molar-refractivity contribution < 1.29 is 14.3 Å². The van der Waals surface area contributed by atoms with E-state index in [4.69, 9.17) is 9.47 Å². The quantitative estimate of drug-likeness (QED) is 0.326. The smallest absolute Gasteiger partial charge is 0.337 e. The molecule has 22 heavy (non-hydrogen) atoms. The molecule has 0 fully saturated rings. The van der Waals surface area contributed by atoms with E-state index in [0.717, 1.165) is 30.6 Å². The van der Waals surface area contributed by atoms with E-state index in [1.54, 1.807) is 0 Å². The van der Waals surface area contributed by atoms with E-state index in [-0.39, 0.29) is 18.0 Å². The van der Waals surface area contributed by atoms with E-state index in [0.29, 0.717) is 0 Å². The Labute approximate surface area is 134 Å². The van der Waals surface area contributed by atoms with Gasteiger partial charge in [-0.2, -0.15) is 0 Å². The van der Waals surface area contributed by atoms with Crippen LogP contribution in [0.2, 0.25) is 0 Å². The number of carbonyl (C=O) groups is 1. The third-order valence-corrected chi connectivity index (χ3v) is 4.72. The lowest BCUT2D eigenvalue weighted by atomic mass is 9.95. The Balaban J connectivity index is 1.72. The lowest BCUT2D eigenvalue weighted by Gasteiger charge is -2.09. The number of hydrogen-bond acceptors (Lipinski definition) is 3. The average Bonchev–Trinajstić information content (AvgIpc) is 3.09. The van der Waals surface area contributed by atoms with Gasteiger partial charge < -0.3 is 9.47 Å². The first kappa shape index (κ1) is 17.1. The van der Waals surface area contributed by atoms with Crippen LogP contribution in [0.4, 0.5) is 0 Å². The molecule has 1 aliphatic carbocycles. The maximum absolute atomic E-state index is 12.0. The van der Waals surface area contributed by atoms with Gasteiger partial charge >= 0.3 is 5.97 Å². The molecule has 0 N–H and O–H groups in total. The number of esters is 1. The van der Waals surface area contributed by atoms with Crippen molar-refractivity contribution in [1.82, 2.24) is 0 Å². The van der Waals surface area contributed by atoms with Crippen molar-refractivity contribution in [3.63, 3.8) is 0 Å². The fourth-order valence-electron chi connectivity index (χ4n) is 3.45. The highest BCUT2D eigenvalue weighted by Crippen LogP contribution is 2.40. The van der Waals surface area contributed by atoms with E-state index < -0.39 is 0 Å². The summed E-state index contributed by atoms with van der Waals surface area (Å²) < 4.78 is 10.9. The van der Waals surface area contributed by atoms with Crippen LogP contribution in [0.25, 0.3) is 0 Å². The van der Waals surface area contributed by atoms with Gasteiger partial charge in [0.05, 0.1) is 12.7 Å². The summed E-state index contributed by atoms with van der Waals surface area (Å²) in [6, 6.07) is 0. The fourth-order valence-corrected chi connectivity index (χ4v) is 3.45. The summed E-state index contributed by atoms with van der Waals surface area (Å²) in [5.74, 6) is 0.874. The molecule has 2 atom stereocenters. The summed E-state index contributed by atoms with van der Waals surface area (Å²) in [5.41, 5.74) is 0.792. The topological polar surface area (TPSA) is 35.5 Å². The van der Waals surface area contributed by atoms with E-state index in [2.05, 4.69) is 19.1 Å². The zero-order valence-electron chi connectivity index (χ0n) is 14.1. The van der Waals surface area contributed by atoms with Gasteiger partial charge in [0, 0.05) is 12.3 Å². The summed E-state index contributed by atoms with van der Waals surface area (Å²) in [5, 5.41) is 0. The molecule has 124 valence electrons. The van der Waals surface area contributed by atoms with Gasteiger partial charge in [-0.3, -0.25) is 0 Å². The number of methoxy groups -OCH3 is 1. The molecule has 3 nitrogen and oxygen atoms in total. The van der Waals surface area contributed by atoms with Crippen molar-refractivity contribution in [2.24, 2.45) is 5.92 Å². The molecule has 0 amide bonds. The molecule has 0 saturated carbocycles. The average molecular weight is 306 g/mol. The van der Waals surface area contributed by atoms with Crippen molar-refractivity contribution in [2.75, 3.05) is 7.11 Å². The highest BCUT2D eigenvalue weighted by atomic mass is 16.5. The summed E-state index contributed by atoms with van der Waals surface area (Å²) in [4.78, 5) is 12.0. The lowest BCUT2D eigenvalue weighted by molar-refractivity contribution is -0.136. The van der Waals surface area contributed by atoms with Gasteiger partial charge in [-0.15, -0.1) is 0 Å². The predicted octanol–water partition coefficient (Wildman–Crippen LogP) is 4.92. The first-order valence-electron chi connectivity index (χ1n) is 8.92. The molecule has 2 aliphatic rings. The number of hydrogen-bond donors (Lipinski definition) is 0. The Kier molecular flexibility index (Phi) is 7.01. The van der Waals surface area contributed by atoms with Crippen LogP contribution in [0.1, 0.15) is 71.1 Å². The monoisotopic (exact) mass is 306 g/mol. The third kappa shape index (κ3) is 4.37. The van der Waals surface area contributed by atoms with Crippen LogP contribution in [0.5, 0.6) is 0 Å². The second kappa shape index (κ2) is 9.02. The van der Waals surface area contributed by atoms with Crippen molar-refractivity contribution in [1.29, 1.82) is 0 Å². The predicted molar refractivity (Wildman–Crippen MR) is 88.4 cm³/mol. The molecule has 0 aromatic rings. The number of unbranched alkanes of at least 4 members (excludes halogenated alkanes) is 7. The number of rotatable bonds is 10. The third-order valence-electron chi connectivity index (χ3n) is 4.72. The Hall–Kier alpha value is -1.25. The first-order chi connectivity index (χ1) is 10.8. The van der Waals surface area contributed by atoms with Gasteiger partial charge in [0.25, 0.3) is 0 Å². The molecule has 0 spiro atoms. The number of carbonyl (C=O) groups excluding carboxylic acids is 1. The van der Waals surface area contributed by atoms with E-state index >= 15 is 0 Å². The van der Waals surface area contributed by atoms with E-state index in [1.165, 1.54) is 52.1 Å². The van der Waals surface area contributed by atoms with Gasteiger partial charge in [0.1, 0.15) is 11.9 Å². The maximum Gasteiger partial charge on any atom is 0.337 e. The van der Waals surface area contributed by atoms with Crippen LogP contribution < -0.4 is 0 Å². The highest BCUT2D eigenvalue weighted by Gasteiger charge is 2.40. The standard InChI is InChI=1S/C19H30O3/c1-3-4-5-6-7-8-9-10-13-17-18(19(20)21-2)15-12-11-14-16(15)22-17/h11,14-16H,3-10,12-13H2,1-2H3. The van der Waals surface area contributed by atoms with Gasteiger partial charge in [0.2, 0.25) is 0 Å². The molecule has 1 aliphatic heterocycles. The molecule has 3 heteroatoms. The van der Waals surface area contributed by atoms with Crippen LogP contribution in [-0.4, -0.2) is 19.2 Å². The molecule has 2 rings (SSSR count). The van der Waals surface area contributed by atoms with Crippen molar-refractivity contribution in [3.05, 3.63) is 23.5 Å². The van der Waals surface area contributed by atoms with E-state index in [9.17, 15) is 4.79 Å². The molecule has 0 radical (unpaired) electrons. The van der Waals surface area contributed by atoms with Gasteiger partial charge in [-0.25, -0.2) is 4.79 Å². The minimum absolute atomic E-state index is 0.0677. The van der Waals surface area contributed by atoms with Crippen LogP contribution in [0, 0.1) is 5.92 Å². The largest absolute Gasteiger partial charge is 0.489 e. The lowest BCUT2D eigenvalue weighted by Crippen LogP contribution is -2.16. The SMILES string of the molecule is CCCCCCCCCCC1=C(C(=O)OC)C2CC=CC2O1. The van der Waals surface area contributed by atoms with Crippen molar-refractivity contribution in [2.45, 2.75) is 77.2 Å². The molecule has 0 aromatic carbocycles. The summed E-state index contributed by atoms with van der Waals surface area (Å²) in [6.07, 6.45) is 16.4. The zero-order chi connectivity index (χ0) is 15.8. The second-order valence-corrected chi connectivity index (χ2v) is 6.41. The summed E-state index contributed by atoms with van der Waals surface area (Å²) in [7, 11) is 1.46. The second-order valence-electron chi connectivity index (χ2n) is 6.41. The normalized spacial score (nSPS) is 22.8. The molecule has 0 aromatic heterocycles. The summed E-state index contributed by atoms with van der Waals surface area (Å²) >= 11 is 0. The minimum Gasteiger partial charge on any atom is -0.489 e. The Bertz CT molecular complexity index is 422. The molecule has 1 heterocycles. The van der Waals surface area contributed by atoms with Crippen LogP contribution in [-0.2, 0) is 14.3 Å². The van der Waals surface area contributed by atoms with Gasteiger partial charge in [0.15, 0.2) is 0 Å². The molecule has 0 bridgehead atoms. The van der Waals surface area contributed by atoms with Crippen molar-refractivity contribution >= 4 is 5.97 Å². The Morgan fingerprint density at radius 3 is 2.55 bits per heavy atom. The number of fused-ring (bicyclic) bond motifs is 1. The highest BCUT2D eigenvalue weighted by molar-refractivity contribution is 5.90. The zero-order valence-corrected chi connectivity index (χ0v) is 14.1. The maximum atomic E-state index is 12.0.